The summed E-state index contributed by atoms with van der Waals surface area (Å²) in [6, 6.07) is 10.9. The van der Waals surface area contributed by atoms with E-state index in [9.17, 15) is 14.7 Å². The number of carbonyl (C=O) groups excluding carboxylic acids is 2. The second-order valence-electron chi connectivity index (χ2n) is 4.48. The first-order valence-corrected chi connectivity index (χ1v) is 8.22. The number of thioether (sulfide) groups is 1. The summed E-state index contributed by atoms with van der Waals surface area (Å²) < 4.78 is 5.47. The molecule has 2 aromatic carbocycles. The Morgan fingerprint density at radius 3 is 2.71 bits per heavy atom. The molecular formula is C16H11BrN2O4S. The summed E-state index contributed by atoms with van der Waals surface area (Å²) in [6.07, 6.45) is 0. The van der Waals surface area contributed by atoms with Crippen LogP contribution in [-0.2, 0) is 9.53 Å². The molecule has 0 radical (unpaired) electrons. The van der Waals surface area contributed by atoms with Crippen molar-refractivity contribution in [2.75, 3.05) is 11.9 Å². The number of para-hydroxylation sites is 1. The number of hydrogen-bond acceptors (Lipinski definition) is 6. The van der Waals surface area contributed by atoms with E-state index >= 15 is 0 Å². The predicted octanol–water partition coefficient (Wildman–Crippen LogP) is 3.52. The maximum Gasteiger partial charge on any atom is 0.342 e. The summed E-state index contributed by atoms with van der Waals surface area (Å²) in [5.41, 5.74) is 0.477. The fourth-order valence-electron chi connectivity index (χ4n) is 1.75. The van der Waals surface area contributed by atoms with Crippen LogP contribution in [0.3, 0.4) is 0 Å². The standard InChI is InChI=1S/C16H11BrN2O4S/c17-12-7-10(24-9-18)5-6-13(12)19-15(21)8-23-16(22)11-3-1-2-4-14(11)20/h1-7,20H,8H2,(H,19,21). The molecule has 1 amide bonds. The SMILES string of the molecule is N#CSc1ccc(NC(=O)COC(=O)c2ccccc2O)c(Br)c1. The summed E-state index contributed by atoms with van der Waals surface area (Å²) in [4.78, 5) is 24.4. The number of amides is 1. The van der Waals surface area contributed by atoms with E-state index in [1.807, 2.05) is 5.40 Å². The summed E-state index contributed by atoms with van der Waals surface area (Å²) in [5, 5.41) is 22.7. The van der Waals surface area contributed by atoms with E-state index in [0.29, 0.717) is 10.2 Å². The number of phenolic OH excluding ortho intramolecular Hbond substituents is 1. The highest BCUT2D eigenvalue weighted by Crippen LogP contribution is 2.28. The Hall–Kier alpha value is -2.50. The second-order valence-corrected chi connectivity index (χ2v) is 6.19. The Morgan fingerprint density at radius 2 is 2.04 bits per heavy atom. The van der Waals surface area contributed by atoms with Crippen molar-refractivity contribution >= 4 is 45.3 Å². The predicted molar refractivity (Wildman–Crippen MR) is 92.6 cm³/mol. The van der Waals surface area contributed by atoms with Crippen molar-refractivity contribution in [1.82, 2.24) is 0 Å². The average molecular weight is 407 g/mol. The quantitative estimate of drug-likeness (QED) is 0.447. The van der Waals surface area contributed by atoms with Crippen LogP contribution in [0.25, 0.3) is 0 Å². The topological polar surface area (TPSA) is 99.4 Å². The van der Waals surface area contributed by atoms with Crippen LogP contribution in [0.5, 0.6) is 5.75 Å². The number of halogens is 1. The van der Waals surface area contributed by atoms with Crippen LogP contribution in [-0.4, -0.2) is 23.6 Å². The van der Waals surface area contributed by atoms with Gasteiger partial charge in [-0.05, 0) is 58.0 Å². The van der Waals surface area contributed by atoms with Crippen molar-refractivity contribution in [3.05, 3.63) is 52.5 Å². The van der Waals surface area contributed by atoms with Gasteiger partial charge in [-0.3, -0.25) is 4.79 Å². The highest BCUT2D eigenvalue weighted by Gasteiger charge is 2.14. The molecule has 0 saturated heterocycles. The van der Waals surface area contributed by atoms with Gasteiger partial charge in [-0.1, -0.05) is 12.1 Å². The molecule has 0 spiro atoms. The van der Waals surface area contributed by atoms with E-state index in [1.54, 1.807) is 30.3 Å². The maximum absolute atomic E-state index is 11.9. The molecule has 6 nitrogen and oxygen atoms in total. The molecular weight excluding hydrogens is 396 g/mol. The fraction of sp³-hybridized carbons (Fsp3) is 0.0625. The van der Waals surface area contributed by atoms with Gasteiger partial charge < -0.3 is 15.2 Å². The minimum absolute atomic E-state index is 0.00985. The van der Waals surface area contributed by atoms with Crippen LogP contribution in [0.15, 0.2) is 51.8 Å². The lowest BCUT2D eigenvalue weighted by Crippen LogP contribution is -2.21. The first-order chi connectivity index (χ1) is 11.5. The van der Waals surface area contributed by atoms with Crippen LogP contribution in [0.1, 0.15) is 10.4 Å². The Labute approximate surface area is 150 Å². The largest absolute Gasteiger partial charge is 0.507 e. The van der Waals surface area contributed by atoms with E-state index in [2.05, 4.69) is 21.2 Å². The van der Waals surface area contributed by atoms with Crippen LogP contribution in [0.4, 0.5) is 5.69 Å². The molecule has 0 aromatic heterocycles. The minimum atomic E-state index is -0.789. The molecule has 0 aliphatic heterocycles. The van der Waals surface area contributed by atoms with E-state index in [1.165, 1.54) is 12.1 Å². The highest BCUT2D eigenvalue weighted by atomic mass is 79.9. The highest BCUT2D eigenvalue weighted by molar-refractivity contribution is 9.10. The Morgan fingerprint density at radius 1 is 1.29 bits per heavy atom. The summed E-state index contributed by atoms with van der Waals surface area (Å²) in [6.45, 7) is -0.492. The van der Waals surface area contributed by atoms with Crippen molar-refractivity contribution < 1.29 is 19.4 Å². The van der Waals surface area contributed by atoms with Crippen molar-refractivity contribution in [3.8, 4) is 11.2 Å². The maximum atomic E-state index is 11.9. The molecule has 0 heterocycles. The van der Waals surface area contributed by atoms with Gasteiger partial charge in [0.25, 0.3) is 5.91 Å². The van der Waals surface area contributed by atoms with E-state index < -0.39 is 18.5 Å². The van der Waals surface area contributed by atoms with Gasteiger partial charge >= 0.3 is 5.97 Å². The number of hydrogen-bond donors (Lipinski definition) is 2. The summed E-state index contributed by atoms with van der Waals surface area (Å²) in [5.74, 6) is -1.53. The molecule has 0 unspecified atom stereocenters. The van der Waals surface area contributed by atoms with Crippen LogP contribution in [0.2, 0.25) is 0 Å². The van der Waals surface area contributed by atoms with Crippen molar-refractivity contribution in [2.45, 2.75) is 4.90 Å². The van der Waals surface area contributed by atoms with Gasteiger partial charge in [0.15, 0.2) is 6.61 Å². The second kappa shape index (κ2) is 8.38. The Bertz CT molecular complexity index is 820. The molecule has 0 fully saturated rings. The number of nitriles is 1. The Kier molecular flexibility index (Phi) is 6.23. The smallest absolute Gasteiger partial charge is 0.342 e. The van der Waals surface area contributed by atoms with Gasteiger partial charge in [-0.2, -0.15) is 5.26 Å². The Balaban J connectivity index is 1.93. The third kappa shape index (κ3) is 4.75. The molecule has 0 saturated carbocycles. The molecule has 122 valence electrons. The zero-order valence-corrected chi connectivity index (χ0v) is 14.6. The number of esters is 1. The zero-order chi connectivity index (χ0) is 17.5. The number of nitrogens with one attached hydrogen (secondary N) is 1. The lowest BCUT2D eigenvalue weighted by atomic mass is 10.2. The number of ether oxygens (including phenoxy) is 1. The third-order valence-electron chi connectivity index (χ3n) is 2.84. The lowest BCUT2D eigenvalue weighted by Gasteiger charge is -2.09. The molecule has 2 N–H and O–H groups in total. The van der Waals surface area contributed by atoms with Crippen molar-refractivity contribution in [2.24, 2.45) is 0 Å². The van der Waals surface area contributed by atoms with E-state index in [0.717, 1.165) is 16.7 Å². The minimum Gasteiger partial charge on any atom is -0.507 e. The van der Waals surface area contributed by atoms with Crippen LogP contribution >= 0.6 is 27.7 Å². The number of benzene rings is 2. The molecule has 0 bridgehead atoms. The van der Waals surface area contributed by atoms with Gasteiger partial charge in [0.05, 0.1) is 5.69 Å². The van der Waals surface area contributed by atoms with Gasteiger partial charge in [0.2, 0.25) is 0 Å². The number of rotatable bonds is 5. The normalized spacial score (nSPS) is 9.83. The number of phenols is 1. The number of anilines is 1. The zero-order valence-electron chi connectivity index (χ0n) is 12.2. The van der Waals surface area contributed by atoms with Gasteiger partial charge in [0.1, 0.15) is 16.7 Å². The van der Waals surface area contributed by atoms with Gasteiger partial charge in [0, 0.05) is 9.37 Å². The van der Waals surface area contributed by atoms with Crippen LogP contribution < -0.4 is 5.32 Å². The van der Waals surface area contributed by atoms with E-state index in [4.69, 9.17) is 10.00 Å². The van der Waals surface area contributed by atoms with Gasteiger partial charge in [-0.25, -0.2) is 4.79 Å². The number of aromatic hydroxyl groups is 1. The lowest BCUT2D eigenvalue weighted by molar-refractivity contribution is -0.119. The summed E-state index contributed by atoms with van der Waals surface area (Å²) >= 11 is 4.29. The first kappa shape index (κ1) is 17.8. The van der Waals surface area contributed by atoms with E-state index in [-0.39, 0.29) is 11.3 Å². The molecule has 2 aromatic rings. The number of nitrogens with zero attached hydrogens (tertiary/aromatic N) is 1. The molecule has 0 atom stereocenters. The van der Waals surface area contributed by atoms with Crippen molar-refractivity contribution in [1.29, 1.82) is 5.26 Å². The number of thiocyanates is 1. The van der Waals surface area contributed by atoms with Crippen LogP contribution in [0, 0.1) is 10.7 Å². The third-order valence-corrected chi connectivity index (χ3v) is 4.07. The average Bonchev–Trinajstić information content (AvgIpc) is 2.56. The molecule has 2 rings (SSSR count). The van der Waals surface area contributed by atoms with Gasteiger partial charge in [-0.15, -0.1) is 0 Å². The van der Waals surface area contributed by atoms with Crippen molar-refractivity contribution in [3.63, 3.8) is 0 Å². The molecule has 0 aliphatic rings. The number of carbonyl (C=O) groups is 2. The molecule has 8 heteroatoms. The first-order valence-electron chi connectivity index (χ1n) is 6.61. The fourth-order valence-corrected chi connectivity index (χ4v) is 2.80. The monoisotopic (exact) mass is 406 g/mol. The molecule has 0 aliphatic carbocycles. The molecule has 24 heavy (non-hydrogen) atoms. The summed E-state index contributed by atoms with van der Waals surface area (Å²) in [7, 11) is 0.